The highest BCUT2D eigenvalue weighted by Gasteiger charge is 2.44. The van der Waals surface area contributed by atoms with Crippen LogP contribution in [0.15, 0.2) is 12.2 Å². The largest absolute Gasteiger partial charge is 0.394 e. The summed E-state index contributed by atoms with van der Waals surface area (Å²) in [4.78, 5) is 13.2. The van der Waals surface area contributed by atoms with Gasteiger partial charge in [0.1, 0.15) is 36.6 Å². The van der Waals surface area contributed by atoms with Crippen LogP contribution in [0.1, 0.15) is 284 Å². The molecule has 1 rings (SSSR count). The fourth-order valence-corrected chi connectivity index (χ4v) is 9.73. The maximum absolute atomic E-state index is 13.2. The van der Waals surface area contributed by atoms with E-state index in [1.165, 1.54) is 193 Å². The summed E-state index contributed by atoms with van der Waals surface area (Å²) in [6.45, 7) is 3.49. The first kappa shape index (κ1) is 65.9. The Bertz CT molecular complexity index is 1130. The van der Waals surface area contributed by atoms with Gasteiger partial charge in [0.05, 0.1) is 25.4 Å². The first-order chi connectivity index (χ1) is 33.7. The van der Waals surface area contributed by atoms with E-state index in [4.69, 9.17) is 9.47 Å². The van der Waals surface area contributed by atoms with Gasteiger partial charge in [0.2, 0.25) is 5.91 Å². The highest BCUT2D eigenvalue weighted by atomic mass is 16.7. The molecule has 0 bridgehead atoms. The average Bonchev–Trinajstić information content (AvgIpc) is 3.35. The first-order valence-corrected chi connectivity index (χ1v) is 29.6. The van der Waals surface area contributed by atoms with Gasteiger partial charge in [-0.25, -0.2) is 0 Å². The number of nitrogens with one attached hydrogen (secondary N) is 1. The van der Waals surface area contributed by atoms with E-state index in [0.29, 0.717) is 19.3 Å². The predicted octanol–water partition coefficient (Wildman–Crippen LogP) is 12.4. The van der Waals surface area contributed by atoms with Crippen LogP contribution in [0.4, 0.5) is 0 Å². The fraction of sp³-hybridized carbons (Fsp3) is 0.948. The van der Waals surface area contributed by atoms with E-state index in [0.717, 1.165) is 51.4 Å². The summed E-state index contributed by atoms with van der Waals surface area (Å²) in [5, 5.41) is 76.2. The zero-order chi connectivity index (χ0) is 50.4. The van der Waals surface area contributed by atoms with Crippen molar-refractivity contribution < 1.29 is 50.0 Å². The lowest BCUT2D eigenvalue weighted by Crippen LogP contribution is -2.60. The first-order valence-electron chi connectivity index (χ1n) is 29.6. The molecule has 410 valence electrons. The van der Waals surface area contributed by atoms with Crippen LogP contribution in [-0.2, 0) is 14.3 Å². The highest BCUT2D eigenvalue weighted by Crippen LogP contribution is 2.24. The Balaban J connectivity index is 2.31. The van der Waals surface area contributed by atoms with Gasteiger partial charge in [-0.3, -0.25) is 4.79 Å². The van der Waals surface area contributed by atoms with Gasteiger partial charge in [-0.15, -0.1) is 0 Å². The third-order valence-corrected chi connectivity index (χ3v) is 14.6. The van der Waals surface area contributed by atoms with Gasteiger partial charge >= 0.3 is 0 Å². The molecule has 1 aliphatic rings. The molecule has 0 aromatic rings. The lowest BCUT2D eigenvalue weighted by molar-refractivity contribution is -0.303. The molecule has 0 aromatic carbocycles. The molecule has 0 saturated carbocycles. The zero-order valence-electron chi connectivity index (χ0n) is 44.8. The quantitative estimate of drug-likeness (QED) is 0.0215. The Labute approximate surface area is 423 Å². The normalized spacial score (nSPS) is 20.4. The monoisotopic (exact) mass is 984 g/mol. The molecule has 1 saturated heterocycles. The Morgan fingerprint density at radius 2 is 0.841 bits per heavy atom. The number of amides is 1. The summed E-state index contributed by atoms with van der Waals surface area (Å²) in [6.07, 6.45) is 44.0. The molecular weight excluding hydrogens is 871 g/mol. The zero-order valence-corrected chi connectivity index (χ0v) is 44.8. The Hall–Kier alpha value is -1.15. The molecular formula is C58H113NO10. The van der Waals surface area contributed by atoms with Crippen molar-refractivity contribution in [3.05, 3.63) is 12.2 Å². The molecule has 0 radical (unpaired) electrons. The number of ether oxygens (including phenoxy) is 2. The van der Waals surface area contributed by atoms with Gasteiger partial charge in [-0.1, -0.05) is 257 Å². The number of carbonyl (C=O) groups excluding carboxylic acids is 1. The number of aliphatic hydroxyl groups excluding tert-OH is 7. The number of hydrogen-bond donors (Lipinski definition) is 8. The minimum atomic E-state index is -1.66. The standard InChI is InChI=1S/C58H113NO10/c1-3-5-7-9-11-13-15-17-19-21-23-25-26-28-30-32-34-36-38-40-42-44-46-51(62)57(67)59-49(48-68-58-56(66)55(65)54(64)52(47-60)69-58)53(63)50(61)45-43-41-39-37-35-33-31-29-27-24-22-20-18-16-14-12-10-8-6-4-2/h28,30,49-56,58,60-66H,3-27,29,31-48H2,1-2H3,(H,59,67)/b30-28-. The second-order valence-electron chi connectivity index (χ2n) is 21.1. The second kappa shape index (κ2) is 47.8. The van der Waals surface area contributed by atoms with Crippen molar-refractivity contribution in [3.8, 4) is 0 Å². The molecule has 1 heterocycles. The summed E-state index contributed by atoms with van der Waals surface area (Å²) in [7, 11) is 0. The molecule has 11 heteroatoms. The fourth-order valence-electron chi connectivity index (χ4n) is 9.73. The number of rotatable bonds is 51. The van der Waals surface area contributed by atoms with Crippen LogP contribution in [-0.4, -0.2) is 110 Å². The third-order valence-electron chi connectivity index (χ3n) is 14.6. The van der Waals surface area contributed by atoms with Gasteiger partial charge in [0.15, 0.2) is 6.29 Å². The Kier molecular flexibility index (Phi) is 45.7. The van der Waals surface area contributed by atoms with Crippen molar-refractivity contribution in [1.29, 1.82) is 0 Å². The summed E-state index contributed by atoms with van der Waals surface area (Å²) in [5.41, 5.74) is 0. The van der Waals surface area contributed by atoms with Crippen molar-refractivity contribution in [1.82, 2.24) is 5.32 Å². The van der Waals surface area contributed by atoms with E-state index in [1.807, 2.05) is 0 Å². The van der Waals surface area contributed by atoms with Crippen LogP contribution in [0, 0.1) is 0 Å². The molecule has 0 aromatic heterocycles. The van der Waals surface area contributed by atoms with Crippen molar-refractivity contribution in [3.63, 3.8) is 0 Å². The SMILES string of the molecule is CCCCCCCCCCCCCC/C=C\CCCCCCCCC(O)C(=O)NC(COC1OC(CO)C(O)C(O)C1O)C(O)C(O)CCCCCCCCCCCCCCCCCCCCCC. The molecule has 1 fully saturated rings. The van der Waals surface area contributed by atoms with E-state index in [1.54, 1.807) is 0 Å². The van der Waals surface area contributed by atoms with Crippen LogP contribution in [0.2, 0.25) is 0 Å². The van der Waals surface area contributed by atoms with Gasteiger partial charge in [-0.2, -0.15) is 0 Å². The van der Waals surface area contributed by atoms with Crippen LogP contribution in [0.25, 0.3) is 0 Å². The molecule has 1 amide bonds. The number of hydrogen-bond acceptors (Lipinski definition) is 10. The number of allylic oxidation sites excluding steroid dienone is 2. The smallest absolute Gasteiger partial charge is 0.249 e. The third kappa shape index (κ3) is 36.4. The summed E-state index contributed by atoms with van der Waals surface area (Å²) in [5.74, 6) is -0.697. The topological polar surface area (TPSA) is 189 Å². The van der Waals surface area contributed by atoms with Crippen LogP contribution in [0.3, 0.4) is 0 Å². The number of aliphatic hydroxyl groups is 7. The number of unbranched alkanes of at least 4 members (excludes halogenated alkanes) is 37. The summed E-state index contributed by atoms with van der Waals surface area (Å²) in [6, 6.07) is -1.17. The van der Waals surface area contributed by atoms with Crippen molar-refractivity contribution >= 4 is 5.91 Å². The summed E-state index contributed by atoms with van der Waals surface area (Å²) >= 11 is 0. The molecule has 0 aliphatic carbocycles. The molecule has 9 atom stereocenters. The van der Waals surface area contributed by atoms with Crippen molar-refractivity contribution in [2.75, 3.05) is 13.2 Å². The molecule has 1 aliphatic heterocycles. The summed E-state index contributed by atoms with van der Waals surface area (Å²) < 4.78 is 11.2. The molecule has 69 heavy (non-hydrogen) atoms. The number of carbonyl (C=O) groups is 1. The average molecular weight is 985 g/mol. The lowest BCUT2D eigenvalue weighted by atomic mass is 9.98. The maximum atomic E-state index is 13.2. The molecule has 11 nitrogen and oxygen atoms in total. The van der Waals surface area contributed by atoms with Crippen LogP contribution >= 0.6 is 0 Å². The van der Waals surface area contributed by atoms with E-state index >= 15 is 0 Å². The van der Waals surface area contributed by atoms with Gasteiger partial charge in [-0.05, 0) is 38.5 Å². The van der Waals surface area contributed by atoms with Gasteiger partial charge in [0, 0.05) is 0 Å². The van der Waals surface area contributed by atoms with E-state index in [9.17, 15) is 40.5 Å². The van der Waals surface area contributed by atoms with Crippen molar-refractivity contribution in [2.24, 2.45) is 0 Å². The van der Waals surface area contributed by atoms with E-state index in [-0.39, 0.29) is 6.42 Å². The van der Waals surface area contributed by atoms with Crippen molar-refractivity contribution in [2.45, 2.75) is 339 Å². The highest BCUT2D eigenvalue weighted by molar-refractivity contribution is 5.80. The van der Waals surface area contributed by atoms with Gasteiger partial charge < -0.3 is 50.5 Å². The Morgan fingerprint density at radius 1 is 0.493 bits per heavy atom. The molecule has 8 N–H and O–H groups in total. The minimum Gasteiger partial charge on any atom is -0.394 e. The van der Waals surface area contributed by atoms with Crippen LogP contribution in [0.5, 0.6) is 0 Å². The lowest BCUT2D eigenvalue weighted by Gasteiger charge is -2.40. The molecule has 0 spiro atoms. The second-order valence-corrected chi connectivity index (χ2v) is 21.1. The minimum absolute atomic E-state index is 0.256. The predicted molar refractivity (Wildman–Crippen MR) is 284 cm³/mol. The van der Waals surface area contributed by atoms with E-state index < -0.39 is 74.2 Å². The Morgan fingerprint density at radius 3 is 1.22 bits per heavy atom. The molecule has 9 unspecified atom stereocenters. The van der Waals surface area contributed by atoms with Gasteiger partial charge in [0.25, 0.3) is 0 Å². The van der Waals surface area contributed by atoms with Crippen LogP contribution < -0.4 is 5.32 Å². The maximum Gasteiger partial charge on any atom is 0.249 e. The van der Waals surface area contributed by atoms with E-state index in [2.05, 4.69) is 31.3 Å².